The van der Waals surface area contributed by atoms with Gasteiger partial charge in [0.05, 0.1) is 11.7 Å². The molecule has 6 heteroatoms. The van der Waals surface area contributed by atoms with Gasteiger partial charge in [-0.15, -0.1) is 0 Å². The van der Waals surface area contributed by atoms with Crippen molar-refractivity contribution in [3.05, 3.63) is 106 Å². The maximum Gasteiger partial charge on any atom is 0.242 e. The van der Waals surface area contributed by atoms with Crippen LogP contribution >= 0.6 is 0 Å². The third-order valence-corrected chi connectivity index (χ3v) is 4.74. The fraction of sp³-hybridized carbons (Fsp3) is 0.125. The summed E-state index contributed by atoms with van der Waals surface area (Å²) in [4.78, 5) is 24.5. The molecule has 1 amide bonds. The smallest absolute Gasteiger partial charge is 0.242 e. The fourth-order valence-corrected chi connectivity index (χ4v) is 3.20. The number of carbonyl (C=O) groups excluding carboxylic acids is 1. The van der Waals surface area contributed by atoms with E-state index in [0.717, 1.165) is 16.9 Å². The maximum absolute atomic E-state index is 12.5. The molecular formula is C24H21N3O3. The van der Waals surface area contributed by atoms with Crippen molar-refractivity contribution in [3.63, 3.8) is 0 Å². The summed E-state index contributed by atoms with van der Waals surface area (Å²) < 4.78 is 7.47. The molecule has 0 aliphatic carbocycles. The summed E-state index contributed by atoms with van der Waals surface area (Å²) in [7, 11) is 0. The van der Waals surface area contributed by atoms with Crippen molar-refractivity contribution in [2.45, 2.75) is 19.7 Å². The molecule has 3 aromatic carbocycles. The summed E-state index contributed by atoms with van der Waals surface area (Å²) >= 11 is 0. The third-order valence-electron chi connectivity index (χ3n) is 4.74. The molecule has 6 nitrogen and oxygen atoms in total. The second-order valence-electron chi connectivity index (χ2n) is 6.84. The summed E-state index contributed by atoms with van der Waals surface area (Å²) in [6.07, 6.45) is 1.24. The van der Waals surface area contributed by atoms with E-state index in [1.54, 1.807) is 18.2 Å². The Kier molecular flexibility index (Phi) is 5.85. The zero-order chi connectivity index (χ0) is 20.8. The number of hydrogen-bond acceptors (Lipinski definition) is 4. The van der Waals surface area contributed by atoms with Crippen LogP contribution in [-0.2, 0) is 24.5 Å². The molecule has 0 aliphatic rings. The number of hydrogen-bond donors (Lipinski definition) is 1. The largest absolute Gasteiger partial charge is 0.489 e. The van der Waals surface area contributed by atoms with E-state index >= 15 is 0 Å². The number of carbonyl (C=O) groups is 1. The molecule has 0 fully saturated rings. The number of benzene rings is 3. The first-order valence-corrected chi connectivity index (χ1v) is 9.67. The van der Waals surface area contributed by atoms with Gasteiger partial charge in [-0.1, -0.05) is 60.7 Å². The van der Waals surface area contributed by atoms with Gasteiger partial charge in [0.1, 0.15) is 18.9 Å². The van der Waals surface area contributed by atoms with Crippen molar-refractivity contribution < 1.29 is 9.53 Å². The summed E-state index contributed by atoms with van der Waals surface area (Å²) in [5, 5.41) is 7.55. The van der Waals surface area contributed by atoms with Crippen molar-refractivity contribution in [1.29, 1.82) is 0 Å². The van der Waals surface area contributed by atoms with Gasteiger partial charge in [-0.2, -0.15) is 5.10 Å². The van der Waals surface area contributed by atoms with Crippen molar-refractivity contribution in [2.24, 2.45) is 0 Å². The standard InChI is InChI=1S/C24H21N3O3/c28-22-15-26-27(21-12-6-5-11-20(21)22)16-24(29)25-14-19-10-4-7-13-23(19)30-17-18-8-2-1-3-9-18/h1-13,15H,14,16-17H2,(H,25,29). The molecule has 4 rings (SSSR count). The number of ether oxygens (including phenoxy) is 1. The highest BCUT2D eigenvalue weighted by Crippen LogP contribution is 2.19. The van der Waals surface area contributed by atoms with Gasteiger partial charge in [0.15, 0.2) is 0 Å². The van der Waals surface area contributed by atoms with Gasteiger partial charge in [0.25, 0.3) is 0 Å². The van der Waals surface area contributed by atoms with Crippen LogP contribution in [0.2, 0.25) is 0 Å². The van der Waals surface area contributed by atoms with Crippen LogP contribution in [0.3, 0.4) is 0 Å². The Morgan fingerprint density at radius 3 is 2.53 bits per heavy atom. The van der Waals surface area contributed by atoms with Crippen LogP contribution < -0.4 is 15.5 Å². The van der Waals surface area contributed by atoms with Gasteiger partial charge >= 0.3 is 0 Å². The maximum atomic E-state index is 12.5. The first-order valence-electron chi connectivity index (χ1n) is 9.67. The number of nitrogens with zero attached hydrogens (tertiary/aromatic N) is 2. The van der Waals surface area contributed by atoms with E-state index in [4.69, 9.17) is 4.74 Å². The fourth-order valence-electron chi connectivity index (χ4n) is 3.20. The molecule has 0 saturated carbocycles. The summed E-state index contributed by atoms with van der Waals surface area (Å²) in [5.74, 6) is 0.530. The molecule has 30 heavy (non-hydrogen) atoms. The molecule has 0 aliphatic heterocycles. The molecule has 4 aromatic rings. The molecule has 0 saturated heterocycles. The zero-order valence-corrected chi connectivity index (χ0v) is 16.3. The number of rotatable bonds is 7. The number of amides is 1. The normalized spacial score (nSPS) is 10.7. The third kappa shape index (κ3) is 4.55. The average molecular weight is 399 g/mol. The topological polar surface area (TPSA) is 73.2 Å². The predicted molar refractivity (Wildman–Crippen MR) is 115 cm³/mol. The van der Waals surface area contributed by atoms with Crippen LogP contribution in [0.25, 0.3) is 10.9 Å². The molecular weight excluding hydrogens is 378 g/mol. The van der Waals surface area contributed by atoms with Crippen molar-refractivity contribution in [2.75, 3.05) is 0 Å². The molecule has 1 heterocycles. The predicted octanol–water partition coefficient (Wildman–Crippen LogP) is 3.29. The van der Waals surface area contributed by atoms with Crippen LogP contribution in [0.15, 0.2) is 89.9 Å². The highest BCUT2D eigenvalue weighted by atomic mass is 16.5. The highest BCUT2D eigenvalue weighted by Gasteiger charge is 2.10. The highest BCUT2D eigenvalue weighted by molar-refractivity contribution is 5.81. The second kappa shape index (κ2) is 9.05. The van der Waals surface area contributed by atoms with Gasteiger partial charge in [-0.25, -0.2) is 0 Å². The first-order chi connectivity index (χ1) is 14.7. The lowest BCUT2D eigenvalue weighted by Gasteiger charge is -2.13. The molecule has 0 bridgehead atoms. The van der Waals surface area contributed by atoms with Crippen LogP contribution in [0.5, 0.6) is 5.75 Å². The number of fused-ring (bicyclic) bond motifs is 1. The monoisotopic (exact) mass is 399 g/mol. The Balaban J connectivity index is 1.41. The van der Waals surface area contributed by atoms with Gasteiger partial charge in [0, 0.05) is 17.5 Å². The van der Waals surface area contributed by atoms with E-state index in [1.165, 1.54) is 10.9 Å². The minimum Gasteiger partial charge on any atom is -0.489 e. The minimum absolute atomic E-state index is 0.0217. The van der Waals surface area contributed by atoms with Gasteiger partial charge in [-0.3, -0.25) is 14.3 Å². The van der Waals surface area contributed by atoms with E-state index in [0.29, 0.717) is 24.1 Å². The van der Waals surface area contributed by atoms with E-state index in [2.05, 4.69) is 10.4 Å². The van der Waals surface area contributed by atoms with Crippen LogP contribution in [0.4, 0.5) is 0 Å². The number of para-hydroxylation sites is 2. The zero-order valence-electron chi connectivity index (χ0n) is 16.3. The van der Waals surface area contributed by atoms with Gasteiger partial charge < -0.3 is 10.1 Å². The van der Waals surface area contributed by atoms with Crippen molar-refractivity contribution >= 4 is 16.8 Å². The van der Waals surface area contributed by atoms with Crippen molar-refractivity contribution in [3.8, 4) is 5.75 Å². The van der Waals surface area contributed by atoms with Crippen LogP contribution in [-0.4, -0.2) is 15.7 Å². The molecule has 1 aromatic heterocycles. The quantitative estimate of drug-likeness (QED) is 0.518. The van der Waals surface area contributed by atoms with Crippen LogP contribution in [0.1, 0.15) is 11.1 Å². The molecule has 0 spiro atoms. The summed E-state index contributed by atoms with van der Waals surface area (Å²) in [6, 6.07) is 24.7. The van der Waals surface area contributed by atoms with Gasteiger partial charge in [0.2, 0.25) is 11.3 Å². The lowest BCUT2D eigenvalue weighted by molar-refractivity contribution is -0.121. The van der Waals surface area contributed by atoms with E-state index < -0.39 is 0 Å². The Morgan fingerprint density at radius 1 is 0.933 bits per heavy atom. The molecule has 0 atom stereocenters. The average Bonchev–Trinajstić information content (AvgIpc) is 2.79. The summed E-state index contributed by atoms with van der Waals surface area (Å²) in [6.45, 7) is 0.814. The lowest BCUT2D eigenvalue weighted by atomic mass is 10.2. The number of aromatic nitrogens is 2. The van der Waals surface area contributed by atoms with Crippen molar-refractivity contribution in [1.82, 2.24) is 15.1 Å². The molecule has 0 unspecified atom stereocenters. The molecule has 150 valence electrons. The van der Waals surface area contributed by atoms with Gasteiger partial charge in [-0.05, 0) is 23.8 Å². The number of nitrogens with one attached hydrogen (secondary N) is 1. The van der Waals surface area contributed by atoms with E-state index in [-0.39, 0.29) is 17.9 Å². The van der Waals surface area contributed by atoms with E-state index in [1.807, 2.05) is 60.7 Å². The van der Waals surface area contributed by atoms with E-state index in [9.17, 15) is 9.59 Å². The second-order valence-corrected chi connectivity index (χ2v) is 6.84. The lowest BCUT2D eigenvalue weighted by Crippen LogP contribution is -2.29. The first kappa shape index (κ1) is 19.4. The Bertz CT molecular complexity index is 1220. The molecule has 0 radical (unpaired) electrons. The Hall–Kier alpha value is -3.93. The SMILES string of the molecule is O=C(Cn1ncc(=O)c2ccccc21)NCc1ccccc1OCc1ccccc1. The van der Waals surface area contributed by atoms with Crippen LogP contribution in [0, 0.1) is 0 Å². The minimum atomic E-state index is -0.200. The Morgan fingerprint density at radius 2 is 1.67 bits per heavy atom. The summed E-state index contributed by atoms with van der Waals surface area (Å²) in [5.41, 5.74) is 2.44. The molecule has 1 N–H and O–H groups in total. The Labute approximate surface area is 173 Å².